The Hall–Kier alpha value is -3.22. The Balaban J connectivity index is 2.07. The Kier molecular flexibility index (Phi) is 4.71. The maximum Gasteiger partial charge on any atom is 0.387 e. The summed E-state index contributed by atoms with van der Waals surface area (Å²) in [6, 6.07) is 9.28. The number of hydrogen-bond acceptors (Lipinski definition) is 5. The average molecular weight is 360 g/mol. The van der Waals surface area contributed by atoms with Gasteiger partial charge in [-0.25, -0.2) is 0 Å². The minimum Gasteiger partial charge on any atom is -0.493 e. The quantitative estimate of drug-likeness (QED) is 0.600. The largest absolute Gasteiger partial charge is 0.493 e. The number of Topliss-reactive ketones (excluding diaryl/α,β-unsaturated/α-hetero) is 2. The number of alkyl halides is 2. The van der Waals surface area contributed by atoms with Crippen molar-refractivity contribution >= 4 is 17.6 Å². The van der Waals surface area contributed by atoms with Crippen LogP contribution in [0.25, 0.3) is 6.08 Å². The van der Waals surface area contributed by atoms with E-state index in [9.17, 15) is 18.4 Å². The van der Waals surface area contributed by atoms with Gasteiger partial charge in [-0.1, -0.05) is 24.3 Å². The molecule has 0 radical (unpaired) electrons. The Bertz CT molecular complexity index is 856. The van der Waals surface area contributed by atoms with Crippen LogP contribution in [0.4, 0.5) is 8.78 Å². The fourth-order valence-electron chi connectivity index (χ4n) is 2.76. The molecule has 0 unspecified atom stereocenters. The summed E-state index contributed by atoms with van der Waals surface area (Å²) in [5, 5.41) is 0. The van der Waals surface area contributed by atoms with Gasteiger partial charge in [0, 0.05) is 11.1 Å². The molecule has 5 nitrogen and oxygen atoms in total. The van der Waals surface area contributed by atoms with Crippen molar-refractivity contribution in [2.45, 2.75) is 6.61 Å². The van der Waals surface area contributed by atoms with E-state index in [-0.39, 0.29) is 22.8 Å². The van der Waals surface area contributed by atoms with Gasteiger partial charge in [0.05, 0.1) is 19.8 Å². The molecule has 0 N–H and O–H groups in total. The van der Waals surface area contributed by atoms with Gasteiger partial charge in [-0.3, -0.25) is 9.59 Å². The lowest BCUT2D eigenvalue weighted by atomic mass is 10.1. The number of fused-ring (bicyclic) bond motifs is 1. The molecule has 7 heteroatoms. The summed E-state index contributed by atoms with van der Waals surface area (Å²) in [4.78, 5) is 24.9. The second-order valence-corrected chi connectivity index (χ2v) is 5.39. The third kappa shape index (κ3) is 3.03. The van der Waals surface area contributed by atoms with Crippen molar-refractivity contribution in [1.82, 2.24) is 0 Å². The van der Waals surface area contributed by atoms with Crippen LogP contribution in [0.3, 0.4) is 0 Å². The van der Waals surface area contributed by atoms with Crippen molar-refractivity contribution in [3.63, 3.8) is 0 Å². The normalized spacial score (nSPS) is 13.0. The van der Waals surface area contributed by atoms with Crippen molar-refractivity contribution in [3.05, 3.63) is 58.7 Å². The van der Waals surface area contributed by atoms with E-state index in [1.165, 1.54) is 32.4 Å². The molecule has 0 aromatic heterocycles. The lowest BCUT2D eigenvalue weighted by Gasteiger charge is -2.14. The minimum atomic E-state index is -3.06. The highest BCUT2D eigenvalue weighted by Gasteiger charge is 2.32. The number of ketones is 2. The number of hydrogen-bond donors (Lipinski definition) is 0. The third-order valence-electron chi connectivity index (χ3n) is 3.91. The predicted octanol–water partition coefficient (Wildman–Crippen LogP) is 3.77. The van der Waals surface area contributed by atoms with Crippen LogP contribution in [0.15, 0.2) is 42.0 Å². The van der Waals surface area contributed by atoms with Gasteiger partial charge < -0.3 is 14.2 Å². The molecule has 0 spiro atoms. The van der Waals surface area contributed by atoms with Crippen LogP contribution in [0.1, 0.15) is 26.3 Å². The van der Waals surface area contributed by atoms with E-state index in [2.05, 4.69) is 4.74 Å². The number of carbonyl (C=O) groups is 2. The van der Waals surface area contributed by atoms with Gasteiger partial charge in [-0.2, -0.15) is 8.78 Å². The molecule has 2 aromatic carbocycles. The number of carbonyl (C=O) groups excluding carboxylic acids is 2. The van der Waals surface area contributed by atoms with Gasteiger partial charge >= 0.3 is 6.61 Å². The Labute approximate surface area is 147 Å². The van der Waals surface area contributed by atoms with Gasteiger partial charge in [0.1, 0.15) is 0 Å². The molecule has 0 heterocycles. The molecule has 0 aliphatic heterocycles. The molecule has 0 fully saturated rings. The van der Waals surface area contributed by atoms with Gasteiger partial charge in [-0.15, -0.1) is 0 Å². The summed E-state index contributed by atoms with van der Waals surface area (Å²) in [5.74, 6) is -1.06. The average Bonchev–Trinajstić information content (AvgIpc) is 2.87. The van der Waals surface area contributed by atoms with Gasteiger partial charge in [0.2, 0.25) is 5.75 Å². The molecule has 1 aliphatic carbocycles. The lowest BCUT2D eigenvalue weighted by Crippen LogP contribution is -2.06. The van der Waals surface area contributed by atoms with E-state index in [4.69, 9.17) is 9.47 Å². The fraction of sp³-hybridized carbons (Fsp3) is 0.158. The first-order valence-corrected chi connectivity index (χ1v) is 7.57. The van der Waals surface area contributed by atoms with Gasteiger partial charge in [0.25, 0.3) is 0 Å². The smallest absolute Gasteiger partial charge is 0.387 e. The summed E-state index contributed by atoms with van der Waals surface area (Å²) < 4.78 is 39.8. The lowest BCUT2D eigenvalue weighted by molar-refractivity contribution is -0.0526. The van der Waals surface area contributed by atoms with Crippen molar-refractivity contribution in [3.8, 4) is 17.2 Å². The third-order valence-corrected chi connectivity index (χ3v) is 3.91. The summed E-state index contributed by atoms with van der Waals surface area (Å²) in [5.41, 5.74) is 1.03. The van der Waals surface area contributed by atoms with E-state index in [1.807, 2.05) is 0 Å². The first-order valence-electron chi connectivity index (χ1n) is 7.57. The number of ether oxygens (including phenoxy) is 3. The number of allylic oxidation sites excluding steroid dienone is 1. The molecule has 3 rings (SSSR count). The van der Waals surface area contributed by atoms with Crippen LogP contribution < -0.4 is 14.2 Å². The molecule has 2 aromatic rings. The maximum atomic E-state index is 12.6. The van der Waals surface area contributed by atoms with Crippen LogP contribution in [0.5, 0.6) is 17.2 Å². The SMILES string of the molecule is COc1cc(C=C2C(=O)c3ccccc3C2=O)cc(OC)c1OC(F)F. The molecule has 0 amide bonds. The van der Waals surface area contributed by atoms with E-state index in [0.717, 1.165) is 0 Å². The predicted molar refractivity (Wildman–Crippen MR) is 89.3 cm³/mol. The van der Waals surface area contributed by atoms with Crippen LogP contribution >= 0.6 is 0 Å². The molecule has 0 atom stereocenters. The zero-order chi connectivity index (χ0) is 18.8. The molecular formula is C19H14F2O5. The second kappa shape index (κ2) is 6.95. The number of benzene rings is 2. The topological polar surface area (TPSA) is 61.8 Å². The van der Waals surface area contributed by atoms with E-state index in [1.54, 1.807) is 24.3 Å². The van der Waals surface area contributed by atoms with E-state index in [0.29, 0.717) is 16.7 Å². The van der Waals surface area contributed by atoms with Crippen molar-refractivity contribution < 1.29 is 32.6 Å². The zero-order valence-corrected chi connectivity index (χ0v) is 13.9. The highest BCUT2D eigenvalue weighted by atomic mass is 19.3. The minimum absolute atomic E-state index is 0.00749. The summed E-state index contributed by atoms with van der Waals surface area (Å²) in [7, 11) is 2.57. The van der Waals surface area contributed by atoms with Crippen molar-refractivity contribution in [2.24, 2.45) is 0 Å². The number of rotatable bonds is 5. The molecule has 1 aliphatic rings. The Morgan fingerprint density at radius 3 is 1.85 bits per heavy atom. The standard InChI is InChI=1S/C19H14F2O5/c1-24-14-8-10(9-15(25-2)18(14)26-19(20)21)7-13-16(22)11-5-3-4-6-12(11)17(13)23/h3-9,19H,1-2H3. The molecule has 26 heavy (non-hydrogen) atoms. The van der Waals surface area contributed by atoms with Crippen molar-refractivity contribution in [2.75, 3.05) is 14.2 Å². The Morgan fingerprint density at radius 2 is 1.42 bits per heavy atom. The van der Waals surface area contributed by atoms with Crippen LogP contribution in [0.2, 0.25) is 0 Å². The maximum absolute atomic E-state index is 12.6. The highest BCUT2D eigenvalue weighted by Crippen LogP contribution is 2.40. The van der Waals surface area contributed by atoms with Gasteiger partial charge in [-0.05, 0) is 23.8 Å². The summed E-state index contributed by atoms with van der Waals surface area (Å²) in [6.07, 6.45) is 1.38. The Morgan fingerprint density at radius 1 is 0.923 bits per heavy atom. The fourth-order valence-corrected chi connectivity index (χ4v) is 2.76. The molecule has 0 saturated carbocycles. The summed E-state index contributed by atoms with van der Waals surface area (Å²) >= 11 is 0. The highest BCUT2D eigenvalue weighted by molar-refractivity contribution is 6.41. The van der Waals surface area contributed by atoms with E-state index < -0.39 is 18.2 Å². The molecule has 0 saturated heterocycles. The number of methoxy groups -OCH3 is 2. The molecule has 0 bridgehead atoms. The number of halogens is 2. The van der Waals surface area contributed by atoms with Crippen molar-refractivity contribution in [1.29, 1.82) is 0 Å². The monoisotopic (exact) mass is 360 g/mol. The van der Waals surface area contributed by atoms with Crippen LogP contribution in [0, 0.1) is 0 Å². The molecular weight excluding hydrogens is 346 g/mol. The molecule has 134 valence electrons. The summed E-state index contributed by atoms with van der Waals surface area (Å²) in [6.45, 7) is -3.06. The zero-order valence-electron chi connectivity index (χ0n) is 13.9. The van der Waals surface area contributed by atoms with Crippen LogP contribution in [-0.2, 0) is 0 Å². The van der Waals surface area contributed by atoms with Gasteiger partial charge in [0.15, 0.2) is 23.1 Å². The van der Waals surface area contributed by atoms with Crippen LogP contribution in [-0.4, -0.2) is 32.4 Å². The second-order valence-electron chi connectivity index (χ2n) is 5.39. The van der Waals surface area contributed by atoms with E-state index >= 15 is 0 Å². The first-order chi connectivity index (χ1) is 12.5. The first kappa shape index (κ1) is 17.6.